The van der Waals surface area contributed by atoms with E-state index >= 15 is 0 Å². The first-order chi connectivity index (χ1) is 4.92. The van der Waals surface area contributed by atoms with Crippen molar-refractivity contribution < 1.29 is 4.79 Å². The van der Waals surface area contributed by atoms with E-state index in [0.717, 1.165) is 23.6 Å². The molecule has 1 aromatic heterocycles. The summed E-state index contributed by atoms with van der Waals surface area (Å²) >= 11 is 1.80. The molecule has 4 heteroatoms. The molecule has 1 aliphatic rings. The predicted molar refractivity (Wildman–Crippen MR) is 38.9 cm³/mol. The maximum Gasteiger partial charge on any atom is 0.170 e. The summed E-state index contributed by atoms with van der Waals surface area (Å²) in [6, 6.07) is 0. The zero-order chi connectivity index (χ0) is 6.97. The van der Waals surface area contributed by atoms with E-state index in [4.69, 9.17) is 0 Å². The van der Waals surface area contributed by atoms with E-state index in [9.17, 15) is 4.79 Å². The molecule has 0 fully saturated rings. The lowest BCUT2D eigenvalue weighted by Crippen LogP contribution is -1.89. The molecule has 0 spiro atoms. The van der Waals surface area contributed by atoms with Crippen molar-refractivity contribution in [2.45, 2.75) is 11.6 Å². The second kappa shape index (κ2) is 2.12. The first kappa shape index (κ1) is 5.97. The first-order valence-electron chi connectivity index (χ1n) is 2.99. The van der Waals surface area contributed by atoms with Crippen molar-refractivity contribution in [1.82, 2.24) is 9.55 Å². The lowest BCUT2D eigenvalue weighted by Gasteiger charge is -1.88. The minimum atomic E-state index is 0.602. The maximum absolute atomic E-state index is 10.3. The standard InChI is InChI=1S/C6H6N2OS/c9-1-5-6-2-10-4-8(6)3-7-5/h1,3H,2,4H2. The zero-order valence-corrected chi connectivity index (χ0v) is 6.10. The lowest BCUT2D eigenvalue weighted by atomic mass is 10.4. The zero-order valence-electron chi connectivity index (χ0n) is 5.28. The Balaban J connectivity index is 2.53. The molecule has 3 nitrogen and oxygen atoms in total. The molecule has 2 heterocycles. The molecule has 0 saturated heterocycles. The number of carbonyl (C=O) groups is 1. The van der Waals surface area contributed by atoms with Gasteiger partial charge in [0, 0.05) is 5.75 Å². The lowest BCUT2D eigenvalue weighted by molar-refractivity contribution is 0.111. The van der Waals surface area contributed by atoms with Crippen LogP contribution in [0.25, 0.3) is 0 Å². The third-order valence-corrected chi connectivity index (χ3v) is 2.50. The molecule has 0 saturated carbocycles. The topological polar surface area (TPSA) is 34.9 Å². The summed E-state index contributed by atoms with van der Waals surface area (Å²) in [7, 11) is 0. The minimum Gasteiger partial charge on any atom is -0.323 e. The van der Waals surface area contributed by atoms with Gasteiger partial charge >= 0.3 is 0 Å². The fourth-order valence-electron chi connectivity index (χ4n) is 1.03. The number of aromatic nitrogens is 2. The molecule has 52 valence electrons. The second-order valence-electron chi connectivity index (χ2n) is 2.14. The van der Waals surface area contributed by atoms with Gasteiger partial charge in [0.25, 0.3) is 0 Å². The molecule has 0 unspecified atom stereocenters. The Labute approximate surface area is 62.4 Å². The van der Waals surface area contributed by atoms with E-state index in [1.165, 1.54) is 0 Å². The highest BCUT2D eigenvalue weighted by Gasteiger charge is 2.14. The summed E-state index contributed by atoms with van der Waals surface area (Å²) in [4.78, 5) is 14.3. The van der Waals surface area contributed by atoms with Crippen molar-refractivity contribution in [3.05, 3.63) is 17.7 Å². The molecule has 2 rings (SSSR count). The third-order valence-electron chi connectivity index (χ3n) is 1.56. The van der Waals surface area contributed by atoms with Crippen molar-refractivity contribution in [2.24, 2.45) is 0 Å². The summed E-state index contributed by atoms with van der Waals surface area (Å²) in [5.74, 6) is 1.87. The van der Waals surface area contributed by atoms with Gasteiger partial charge < -0.3 is 4.57 Å². The molecule has 0 bridgehead atoms. The molecule has 0 amide bonds. The van der Waals surface area contributed by atoms with E-state index in [1.54, 1.807) is 18.1 Å². The number of hydrogen-bond acceptors (Lipinski definition) is 3. The number of imidazole rings is 1. The van der Waals surface area contributed by atoms with Crippen molar-refractivity contribution in [2.75, 3.05) is 0 Å². The summed E-state index contributed by atoms with van der Waals surface area (Å²) in [6.45, 7) is 0. The van der Waals surface area contributed by atoms with Crippen LogP contribution in [0, 0.1) is 0 Å². The molecule has 10 heavy (non-hydrogen) atoms. The van der Waals surface area contributed by atoms with Crippen LogP contribution in [-0.4, -0.2) is 15.8 Å². The van der Waals surface area contributed by atoms with E-state index in [1.807, 2.05) is 4.57 Å². The smallest absolute Gasteiger partial charge is 0.170 e. The number of nitrogens with zero attached hydrogens (tertiary/aromatic N) is 2. The van der Waals surface area contributed by atoms with Gasteiger partial charge in [-0.3, -0.25) is 4.79 Å². The fraction of sp³-hybridized carbons (Fsp3) is 0.333. The number of carbonyl (C=O) groups excluding carboxylic acids is 1. The Morgan fingerprint density at radius 1 is 1.80 bits per heavy atom. The minimum absolute atomic E-state index is 0.602. The fourth-order valence-corrected chi connectivity index (χ4v) is 2.05. The number of hydrogen-bond donors (Lipinski definition) is 0. The van der Waals surface area contributed by atoms with Crippen LogP contribution in [0.15, 0.2) is 6.33 Å². The van der Waals surface area contributed by atoms with E-state index < -0.39 is 0 Å². The monoisotopic (exact) mass is 154 g/mol. The third kappa shape index (κ3) is 0.686. The maximum atomic E-state index is 10.3. The summed E-state index contributed by atoms with van der Waals surface area (Å²) in [6.07, 6.45) is 2.54. The second-order valence-corrected chi connectivity index (χ2v) is 3.10. The Bertz CT molecular complexity index is 269. The molecule has 0 aromatic carbocycles. The van der Waals surface area contributed by atoms with E-state index in [0.29, 0.717) is 5.69 Å². The van der Waals surface area contributed by atoms with Crippen molar-refractivity contribution >= 4 is 18.0 Å². The largest absolute Gasteiger partial charge is 0.323 e. The summed E-state index contributed by atoms with van der Waals surface area (Å²) < 4.78 is 2.01. The van der Waals surface area contributed by atoms with Gasteiger partial charge in [0.1, 0.15) is 5.69 Å². The van der Waals surface area contributed by atoms with Crippen molar-refractivity contribution in [3.63, 3.8) is 0 Å². The van der Waals surface area contributed by atoms with Gasteiger partial charge in [-0.15, -0.1) is 11.8 Å². The predicted octanol–water partition coefficient (Wildman–Crippen LogP) is 0.900. The average molecular weight is 154 g/mol. The van der Waals surface area contributed by atoms with Gasteiger partial charge in [-0.1, -0.05) is 0 Å². The number of aldehydes is 1. The number of thioether (sulfide) groups is 1. The molecular weight excluding hydrogens is 148 g/mol. The normalized spacial score (nSPS) is 15.2. The summed E-state index contributed by atoms with van der Waals surface area (Å²) in [5, 5.41) is 0. The van der Waals surface area contributed by atoms with Crippen LogP contribution >= 0.6 is 11.8 Å². The Kier molecular flexibility index (Phi) is 1.27. The van der Waals surface area contributed by atoms with Crippen LogP contribution in [0.4, 0.5) is 0 Å². The molecule has 0 radical (unpaired) electrons. The van der Waals surface area contributed by atoms with E-state index in [-0.39, 0.29) is 0 Å². The molecule has 1 aromatic rings. The average Bonchev–Trinajstić information content (AvgIpc) is 2.44. The molecule has 0 aliphatic carbocycles. The van der Waals surface area contributed by atoms with Gasteiger partial charge in [-0.05, 0) is 0 Å². The highest BCUT2D eigenvalue weighted by Crippen LogP contribution is 2.24. The van der Waals surface area contributed by atoms with Crippen LogP contribution in [0.1, 0.15) is 16.2 Å². The number of rotatable bonds is 1. The van der Waals surface area contributed by atoms with Crippen molar-refractivity contribution in [1.29, 1.82) is 0 Å². The molecular formula is C6H6N2OS. The highest BCUT2D eigenvalue weighted by atomic mass is 32.2. The molecule has 0 N–H and O–H groups in total. The van der Waals surface area contributed by atoms with Crippen LogP contribution in [0.3, 0.4) is 0 Å². The summed E-state index contributed by atoms with van der Waals surface area (Å²) in [5.41, 5.74) is 1.67. The molecule has 1 aliphatic heterocycles. The van der Waals surface area contributed by atoms with Gasteiger partial charge in [-0.25, -0.2) is 4.98 Å². The van der Waals surface area contributed by atoms with E-state index in [2.05, 4.69) is 4.98 Å². The quantitative estimate of drug-likeness (QED) is 0.564. The van der Waals surface area contributed by atoms with Crippen molar-refractivity contribution in [3.8, 4) is 0 Å². The Morgan fingerprint density at radius 2 is 2.70 bits per heavy atom. The highest BCUT2D eigenvalue weighted by molar-refractivity contribution is 7.97. The Morgan fingerprint density at radius 3 is 3.50 bits per heavy atom. The van der Waals surface area contributed by atoms with Gasteiger partial charge in [0.15, 0.2) is 6.29 Å². The van der Waals surface area contributed by atoms with Crippen LogP contribution < -0.4 is 0 Å². The van der Waals surface area contributed by atoms with Crippen LogP contribution in [0.2, 0.25) is 0 Å². The van der Waals surface area contributed by atoms with Gasteiger partial charge in [0.2, 0.25) is 0 Å². The molecule has 0 atom stereocenters. The number of fused-ring (bicyclic) bond motifs is 1. The van der Waals surface area contributed by atoms with Crippen LogP contribution in [0.5, 0.6) is 0 Å². The Hall–Kier alpha value is -0.770. The SMILES string of the molecule is O=Cc1ncn2c1CSC2. The van der Waals surface area contributed by atoms with Gasteiger partial charge in [-0.2, -0.15) is 0 Å². The van der Waals surface area contributed by atoms with Crippen LogP contribution in [-0.2, 0) is 11.6 Å². The van der Waals surface area contributed by atoms with Gasteiger partial charge in [0.05, 0.1) is 17.9 Å². The first-order valence-corrected chi connectivity index (χ1v) is 4.14.